The van der Waals surface area contributed by atoms with Crippen LogP contribution in [-0.2, 0) is 4.79 Å². The number of H-pyrrole nitrogens is 1. The first-order valence-electron chi connectivity index (χ1n) is 10.9. The van der Waals surface area contributed by atoms with Crippen molar-refractivity contribution in [3.63, 3.8) is 0 Å². The van der Waals surface area contributed by atoms with Gasteiger partial charge in [0.1, 0.15) is 11.6 Å². The number of anilines is 3. The van der Waals surface area contributed by atoms with Crippen molar-refractivity contribution >= 4 is 34.6 Å². The molecule has 0 spiro atoms. The zero-order valence-electron chi connectivity index (χ0n) is 19.4. The van der Waals surface area contributed by atoms with Gasteiger partial charge < -0.3 is 20.1 Å². The Morgan fingerprint density at radius 3 is 2.61 bits per heavy atom. The van der Waals surface area contributed by atoms with E-state index in [9.17, 15) is 18.0 Å². The van der Waals surface area contributed by atoms with E-state index >= 15 is 0 Å². The summed E-state index contributed by atoms with van der Waals surface area (Å²) < 4.78 is 45.2. The summed E-state index contributed by atoms with van der Waals surface area (Å²) in [7, 11) is 1.59. The molecule has 0 atom stereocenters. The summed E-state index contributed by atoms with van der Waals surface area (Å²) in [6.45, 7) is 1.83. The van der Waals surface area contributed by atoms with Crippen molar-refractivity contribution in [2.75, 3.05) is 17.7 Å². The number of ether oxygens (including phenoxy) is 2. The van der Waals surface area contributed by atoms with Gasteiger partial charge in [0, 0.05) is 11.1 Å². The average molecular weight is 500 g/mol. The van der Waals surface area contributed by atoms with Crippen molar-refractivity contribution < 1.29 is 27.4 Å². The first-order valence-corrected chi connectivity index (χ1v) is 10.9. The van der Waals surface area contributed by atoms with Crippen molar-refractivity contribution in [3.05, 3.63) is 60.0 Å². The lowest BCUT2D eigenvalue weighted by atomic mass is 10.1. The van der Waals surface area contributed by atoms with E-state index in [1.807, 2.05) is 31.2 Å². The molecule has 1 saturated carbocycles. The summed E-state index contributed by atoms with van der Waals surface area (Å²) in [5.74, 6) is 2.53. The van der Waals surface area contributed by atoms with Gasteiger partial charge >= 0.3 is 6.36 Å². The van der Waals surface area contributed by atoms with E-state index in [1.54, 1.807) is 13.3 Å². The maximum absolute atomic E-state index is 12.0. The number of aromatic amines is 1. The van der Waals surface area contributed by atoms with E-state index in [0.29, 0.717) is 40.9 Å². The third kappa shape index (κ3) is 6.20. The Balaban J connectivity index is 0.000000170. The summed E-state index contributed by atoms with van der Waals surface area (Å²) in [5, 5.41) is 13.8. The lowest BCUT2D eigenvalue weighted by Gasteiger charge is -2.12. The van der Waals surface area contributed by atoms with Gasteiger partial charge in [-0.1, -0.05) is 12.1 Å². The fraction of sp³-hybridized carbons (Fsp3) is 0.250. The number of halogens is 3. The summed E-state index contributed by atoms with van der Waals surface area (Å²) in [5.41, 5.74) is 2.20. The van der Waals surface area contributed by atoms with Gasteiger partial charge in [0.15, 0.2) is 17.4 Å². The Morgan fingerprint density at radius 1 is 1.14 bits per heavy atom. The van der Waals surface area contributed by atoms with Gasteiger partial charge in [-0.15, -0.1) is 13.2 Å². The molecule has 2 aromatic heterocycles. The predicted molar refractivity (Wildman–Crippen MR) is 127 cm³/mol. The van der Waals surface area contributed by atoms with Crippen LogP contribution in [0.15, 0.2) is 48.7 Å². The second-order valence-corrected chi connectivity index (χ2v) is 7.91. The van der Waals surface area contributed by atoms with E-state index in [2.05, 4.69) is 35.5 Å². The number of carbonyl (C=O) groups is 1. The van der Waals surface area contributed by atoms with Crippen LogP contribution in [-0.4, -0.2) is 40.0 Å². The zero-order chi connectivity index (χ0) is 25.7. The van der Waals surface area contributed by atoms with Gasteiger partial charge in [0.25, 0.3) is 0 Å². The van der Waals surface area contributed by atoms with E-state index in [-0.39, 0.29) is 11.7 Å². The number of aromatic nitrogens is 4. The number of rotatable bonds is 7. The van der Waals surface area contributed by atoms with Crippen LogP contribution in [0.25, 0.3) is 10.9 Å². The third-order valence-electron chi connectivity index (χ3n) is 5.29. The minimum absolute atomic E-state index is 0.217. The number of hydrogen-bond donors (Lipinski definition) is 3. The minimum atomic E-state index is -4.69. The normalized spacial score (nSPS) is 12.9. The van der Waals surface area contributed by atoms with Gasteiger partial charge in [-0.3, -0.25) is 9.89 Å². The van der Waals surface area contributed by atoms with E-state index in [0.717, 1.165) is 23.7 Å². The quantitative estimate of drug-likeness (QED) is 0.289. The van der Waals surface area contributed by atoms with Crippen LogP contribution in [0.5, 0.6) is 11.5 Å². The van der Waals surface area contributed by atoms with Crippen LogP contribution < -0.4 is 20.1 Å². The van der Waals surface area contributed by atoms with Crippen LogP contribution in [0.1, 0.15) is 30.1 Å². The highest BCUT2D eigenvalue weighted by Crippen LogP contribution is 2.45. The average Bonchev–Trinajstić information content (AvgIpc) is 3.61. The standard InChI is InChI=1S/C13H13N5O.C11H10F3NO2/c1-8-14-7-11(19-2)13(15-8)16-12-9-5-3-4-6-10(9)17-18-12;12-11(13,14)17-8-3-4-10(15-6-16)9(5-8)7-1-2-7/h3-7H,1-2H3,(H2,14,15,16,17,18);3-7H,1-2H2,(H,15,16). The smallest absolute Gasteiger partial charge is 0.491 e. The van der Waals surface area contributed by atoms with E-state index in [4.69, 9.17) is 4.74 Å². The molecule has 36 heavy (non-hydrogen) atoms. The Hall–Kier alpha value is -4.35. The number of fused-ring (bicyclic) bond motifs is 1. The minimum Gasteiger partial charge on any atom is -0.491 e. The molecule has 0 unspecified atom stereocenters. The number of nitrogens with zero attached hydrogens (tertiary/aromatic N) is 3. The molecule has 188 valence electrons. The number of amides is 1. The SMILES string of the molecule is COc1cnc(C)nc1Nc1n[nH]c2ccccc12.O=CNc1ccc(OC(F)(F)F)cc1C1CC1. The molecule has 0 bridgehead atoms. The van der Waals surface area contributed by atoms with Crippen molar-refractivity contribution in [1.29, 1.82) is 0 Å². The highest BCUT2D eigenvalue weighted by Gasteiger charge is 2.32. The van der Waals surface area contributed by atoms with Gasteiger partial charge in [-0.2, -0.15) is 5.10 Å². The first kappa shape index (κ1) is 24.8. The van der Waals surface area contributed by atoms with Crippen LogP contribution in [0.3, 0.4) is 0 Å². The number of para-hydroxylation sites is 1. The Bertz CT molecular complexity index is 1350. The molecule has 1 aliphatic carbocycles. The number of methoxy groups -OCH3 is 1. The maximum atomic E-state index is 12.0. The Labute approximate surface area is 204 Å². The van der Waals surface area contributed by atoms with Gasteiger partial charge in [0.05, 0.1) is 18.8 Å². The lowest BCUT2D eigenvalue weighted by molar-refractivity contribution is -0.274. The molecule has 2 aromatic carbocycles. The molecule has 12 heteroatoms. The number of alkyl halides is 3. The molecule has 4 aromatic rings. The summed E-state index contributed by atoms with van der Waals surface area (Å²) in [4.78, 5) is 18.8. The van der Waals surface area contributed by atoms with Crippen molar-refractivity contribution in [2.24, 2.45) is 0 Å². The monoisotopic (exact) mass is 500 g/mol. The predicted octanol–water partition coefficient (Wildman–Crippen LogP) is 5.44. The van der Waals surface area contributed by atoms with Crippen molar-refractivity contribution in [2.45, 2.75) is 32.0 Å². The second kappa shape index (κ2) is 10.5. The molecule has 2 heterocycles. The Kier molecular flexibility index (Phi) is 7.23. The van der Waals surface area contributed by atoms with E-state index in [1.165, 1.54) is 18.2 Å². The molecule has 3 N–H and O–H groups in total. The van der Waals surface area contributed by atoms with Gasteiger partial charge in [-0.05, 0) is 61.6 Å². The van der Waals surface area contributed by atoms with Gasteiger partial charge in [-0.25, -0.2) is 9.97 Å². The number of benzene rings is 2. The molecular weight excluding hydrogens is 477 g/mol. The second-order valence-electron chi connectivity index (χ2n) is 7.91. The topological polar surface area (TPSA) is 114 Å². The number of carbonyl (C=O) groups excluding carboxylic acids is 1. The number of aryl methyl sites for hydroxylation is 1. The first-order chi connectivity index (χ1) is 17.3. The van der Waals surface area contributed by atoms with Crippen LogP contribution in [0.4, 0.5) is 30.5 Å². The molecule has 1 amide bonds. The zero-order valence-corrected chi connectivity index (χ0v) is 19.4. The van der Waals surface area contributed by atoms with Gasteiger partial charge in [0.2, 0.25) is 6.41 Å². The molecule has 0 aliphatic heterocycles. The summed E-state index contributed by atoms with van der Waals surface area (Å²) in [6.07, 6.45) is -0.711. The Morgan fingerprint density at radius 2 is 1.92 bits per heavy atom. The fourth-order valence-corrected chi connectivity index (χ4v) is 3.53. The molecule has 1 aliphatic rings. The largest absolute Gasteiger partial charge is 0.573 e. The molecule has 0 saturated heterocycles. The molecular formula is C24H23F3N6O3. The van der Waals surface area contributed by atoms with Crippen LogP contribution in [0.2, 0.25) is 0 Å². The maximum Gasteiger partial charge on any atom is 0.573 e. The molecule has 5 rings (SSSR count). The fourth-order valence-electron chi connectivity index (χ4n) is 3.53. The molecule has 0 radical (unpaired) electrons. The summed E-state index contributed by atoms with van der Waals surface area (Å²) in [6, 6.07) is 11.8. The lowest BCUT2D eigenvalue weighted by Crippen LogP contribution is -2.17. The highest BCUT2D eigenvalue weighted by molar-refractivity contribution is 5.91. The van der Waals surface area contributed by atoms with Crippen LogP contribution >= 0.6 is 0 Å². The number of nitrogens with one attached hydrogen (secondary N) is 3. The molecule has 1 fully saturated rings. The number of hydrogen-bond acceptors (Lipinski definition) is 7. The highest BCUT2D eigenvalue weighted by atomic mass is 19.4. The molecule has 9 nitrogen and oxygen atoms in total. The van der Waals surface area contributed by atoms with Crippen molar-refractivity contribution in [3.8, 4) is 11.5 Å². The van der Waals surface area contributed by atoms with E-state index < -0.39 is 6.36 Å². The summed E-state index contributed by atoms with van der Waals surface area (Å²) >= 11 is 0. The van der Waals surface area contributed by atoms with Crippen LogP contribution in [0, 0.1) is 6.92 Å². The third-order valence-corrected chi connectivity index (χ3v) is 5.29. The van der Waals surface area contributed by atoms with Crippen molar-refractivity contribution in [1.82, 2.24) is 20.2 Å².